The second-order valence-corrected chi connectivity index (χ2v) is 3.19. The molecule has 2 N–H and O–H groups in total. The Morgan fingerprint density at radius 1 is 1.62 bits per heavy atom. The van der Waals surface area contributed by atoms with Gasteiger partial charge in [-0.25, -0.2) is 18.6 Å². The van der Waals surface area contributed by atoms with Gasteiger partial charge in [0, 0.05) is 12.1 Å². The number of rotatable bonds is 3. The average Bonchev–Trinajstić information content (AvgIpc) is 2.26. The number of nitrogens with zero attached hydrogens (tertiary/aromatic N) is 1. The van der Waals surface area contributed by atoms with Gasteiger partial charge in [0.05, 0.1) is 7.11 Å². The number of esters is 1. The number of halogens is 2. The highest BCUT2D eigenvalue weighted by Gasteiger charge is 2.19. The predicted octanol–water partition coefficient (Wildman–Crippen LogP) is 1.57. The lowest BCUT2D eigenvalue weighted by Crippen LogP contribution is -2.14. The van der Waals surface area contributed by atoms with Gasteiger partial charge in [0.15, 0.2) is 5.69 Å². The number of hydrogen-bond acceptors (Lipinski definition) is 4. The Kier molecular flexibility index (Phi) is 3.89. The fraction of sp³-hybridized carbons (Fsp3) is 0.400. The van der Waals surface area contributed by atoms with Crippen molar-refractivity contribution in [1.29, 1.82) is 0 Å². The van der Waals surface area contributed by atoms with Gasteiger partial charge in [0.1, 0.15) is 5.69 Å². The molecule has 16 heavy (non-hydrogen) atoms. The maximum absolute atomic E-state index is 12.5. The number of aromatic nitrogens is 1. The minimum atomic E-state index is -2.73. The lowest BCUT2D eigenvalue weighted by Gasteiger charge is -2.10. The first-order chi connectivity index (χ1) is 7.51. The first kappa shape index (κ1) is 12.5. The predicted molar refractivity (Wildman–Crippen MR) is 53.2 cm³/mol. The summed E-state index contributed by atoms with van der Waals surface area (Å²) in [5.74, 6) is -0.758. The molecule has 0 aliphatic heterocycles. The maximum atomic E-state index is 12.5. The zero-order chi connectivity index (χ0) is 12.3. The van der Waals surface area contributed by atoms with Crippen LogP contribution in [0.1, 0.15) is 33.7 Å². The van der Waals surface area contributed by atoms with Crippen molar-refractivity contribution in [2.24, 2.45) is 5.73 Å². The molecule has 0 amide bonds. The molecule has 0 unspecified atom stereocenters. The van der Waals surface area contributed by atoms with E-state index in [2.05, 4.69) is 9.72 Å². The molecule has 88 valence electrons. The summed E-state index contributed by atoms with van der Waals surface area (Å²) < 4.78 is 29.4. The van der Waals surface area contributed by atoms with Crippen LogP contribution in [-0.4, -0.2) is 18.1 Å². The number of carbonyl (C=O) groups excluding carboxylic acids is 1. The van der Waals surface area contributed by atoms with Crippen molar-refractivity contribution in [1.82, 2.24) is 4.98 Å². The van der Waals surface area contributed by atoms with Gasteiger partial charge in [0.2, 0.25) is 0 Å². The van der Waals surface area contributed by atoms with E-state index in [9.17, 15) is 13.6 Å². The maximum Gasteiger partial charge on any atom is 0.357 e. The van der Waals surface area contributed by atoms with Crippen molar-refractivity contribution in [3.8, 4) is 0 Å². The molecule has 0 aromatic carbocycles. The van der Waals surface area contributed by atoms with Crippen molar-refractivity contribution in [2.45, 2.75) is 19.9 Å². The van der Waals surface area contributed by atoms with Crippen molar-refractivity contribution >= 4 is 5.97 Å². The minimum Gasteiger partial charge on any atom is -0.464 e. The second-order valence-electron chi connectivity index (χ2n) is 3.19. The van der Waals surface area contributed by atoms with Crippen LogP contribution in [-0.2, 0) is 11.3 Å². The Morgan fingerprint density at radius 3 is 2.69 bits per heavy atom. The topological polar surface area (TPSA) is 65.2 Å². The lowest BCUT2D eigenvalue weighted by atomic mass is 10.1. The van der Waals surface area contributed by atoms with Crippen LogP contribution >= 0.6 is 0 Å². The summed E-state index contributed by atoms with van der Waals surface area (Å²) in [4.78, 5) is 14.9. The van der Waals surface area contributed by atoms with Crippen LogP contribution < -0.4 is 5.73 Å². The summed E-state index contributed by atoms with van der Waals surface area (Å²) in [5.41, 5.74) is 5.78. The number of aryl methyl sites for hydroxylation is 1. The van der Waals surface area contributed by atoms with Crippen LogP contribution in [0.5, 0.6) is 0 Å². The summed E-state index contributed by atoms with van der Waals surface area (Å²) in [6, 6.07) is 1.22. The fourth-order valence-corrected chi connectivity index (χ4v) is 1.36. The molecule has 0 bridgehead atoms. The summed E-state index contributed by atoms with van der Waals surface area (Å²) >= 11 is 0. The molecule has 0 atom stereocenters. The molecule has 6 heteroatoms. The van der Waals surface area contributed by atoms with Gasteiger partial charge in [-0.3, -0.25) is 0 Å². The molecular formula is C10H12F2N2O2. The number of hydrogen-bond donors (Lipinski definition) is 1. The van der Waals surface area contributed by atoms with Gasteiger partial charge >= 0.3 is 5.97 Å². The number of alkyl halides is 2. The smallest absolute Gasteiger partial charge is 0.357 e. The third-order valence-electron chi connectivity index (χ3n) is 2.17. The SMILES string of the molecule is COC(=O)c1nc(C(F)F)cc(C)c1CN. The highest BCUT2D eigenvalue weighted by Crippen LogP contribution is 2.21. The molecule has 0 fully saturated rings. The first-order valence-corrected chi connectivity index (χ1v) is 4.58. The van der Waals surface area contributed by atoms with E-state index in [1.807, 2.05) is 0 Å². The van der Waals surface area contributed by atoms with Crippen LogP contribution in [0.3, 0.4) is 0 Å². The van der Waals surface area contributed by atoms with E-state index in [1.54, 1.807) is 6.92 Å². The van der Waals surface area contributed by atoms with Gasteiger partial charge in [-0.05, 0) is 18.6 Å². The van der Waals surface area contributed by atoms with Crippen molar-refractivity contribution in [2.75, 3.05) is 7.11 Å². The Morgan fingerprint density at radius 2 is 2.25 bits per heavy atom. The summed E-state index contributed by atoms with van der Waals surface area (Å²) in [6.45, 7) is 1.65. The second kappa shape index (κ2) is 4.98. The molecule has 0 spiro atoms. The van der Waals surface area contributed by atoms with Crippen molar-refractivity contribution in [3.05, 3.63) is 28.6 Å². The van der Waals surface area contributed by atoms with Crippen molar-refractivity contribution in [3.63, 3.8) is 0 Å². The van der Waals surface area contributed by atoms with E-state index in [-0.39, 0.29) is 12.2 Å². The Labute approximate surface area is 91.4 Å². The van der Waals surface area contributed by atoms with E-state index < -0.39 is 18.1 Å². The monoisotopic (exact) mass is 230 g/mol. The molecule has 4 nitrogen and oxygen atoms in total. The van der Waals surface area contributed by atoms with Gasteiger partial charge in [-0.1, -0.05) is 0 Å². The molecule has 0 saturated carbocycles. The highest BCUT2D eigenvalue weighted by molar-refractivity contribution is 5.89. The summed E-state index contributed by atoms with van der Waals surface area (Å²) in [7, 11) is 1.16. The van der Waals surface area contributed by atoms with Crippen molar-refractivity contribution < 1.29 is 18.3 Å². The summed E-state index contributed by atoms with van der Waals surface area (Å²) in [6.07, 6.45) is -2.73. The van der Waals surface area contributed by atoms with E-state index in [4.69, 9.17) is 5.73 Å². The molecule has 0 aliphatic rings. The molecule has 0 saturated heterocycles. The number of nitrogens with two attached hydrogens (primary N) is 1. The normalized spacial score (nSPS) is 10.6. The Hall–Kier alpha value is -1.56. The molecule has 0 radical (unpaired) electrons. The number of pyridine rings is 1. The Bertz CT molecular complexity index is 408. The van der Waals surface area contributed by atoms with Crippen LogP contribution in [0.25, 0.3) is 0 Å². The van der Waals surface area contributed by atoms with Crippen LogP contribution in [0, 0.1) is 6.92 Å². The zero-order valence-electron chi connectivity index (χ0n) is 8.96. The van der Waals surface area contributed by atoms with Crippen LogP contribution in [0.2, 0.25) is 0 Å². The van der Waals surface area contributed by atoms with Gasteiger partial charge in [-0.2, -0.15) is 0 Å². The summed E-state index contributed by atoms with van der Waals surface area (Å²) in [5, 5.41) is 0. The van der Waals surface area contributed by atoms with E-state index in [0.717, 1.165) is 7.11 Å². The Balaban J connectivity index is 3.36. The van der Waals surface area contributed by atoms with E-state index in [0.29, 0.717) is 11.1 Å². The largest absolute Gasteiger partial charge is 0.464 e. The number of carbonyl (C=O) groups is 1. The number of ether oxygens (including phenoxy) is 1. The van der Waals surface area contributed by atoms with Gasteiger partial charge < -0.3 is 10.5 Å². The minimum absolute atomic E-state index is 0.0484. The molecule has 1 heterocycles. The molecule has 1 rings (SSSR count). The third-order valence-corrected chi connectivity index (χ3v) is 2.17. The highest BCUT2D eigenvalue weighted by atomic mass is 19.3. The molecular weight excluding hydrogens is 218 g/mol. The van der Waals surface area contributed by atoms with Crippen LogP contribution in [0.15, 0.2) is 6.07 Å². The standard InChI is InChI=1S/C10H12F2N2O2/c1-5-3-7(9(11)12)14-8(6(5)4-13)10(15)16-2/h3,9H,4,13H2,1-2H3. The fourth-order valence-electron chi connectivity index (χ4n) is 1.36. The molecule has 1 aromatic rings. The van der Waals surface area contributed by atoms with Gasteiger partial charge in [0.25, 0.3) is 6.43 Å². The van der Waals surface area contributed by atoms with E-state index >= 15 is 0 Å². The first-order valence-electron chi connectivity index (χ1n) is 4.58. The zero-order valence-corrected chi connectivity index (χ0v) is 8.96. The van der Waals surface area contributed by atoms with E-state index in [1.165, 1.54) is 6.07 Å². The quantitative estimate of drug-likeness (QED) is 0.800. The lowest BCUT2D eigenvalue weighted by molar-refractivity contribution is 0.0590. The van der Waals surface area contributed by atoms with Crippen LogP contribution in [0.4, 0.5) is 8.78 Å². The molecule has 1 aromatic heterocycles. The average molecular weight is 230 g/mol. The molecule has 0 aliphatic carbocycles. The number of methoxy groups -OCH3 is 1. The third kappa shape index (κ3) is 2.33. The van der Waals surface area contributed by atoms with Gasteiger partial charge in [-0.15, -0.1) is 0 Å².